The van der Waals surface area contributed by atoms with E-state index in [9.17, 15) is 5.11 Å². The lowest BCUT2D eigenvalue weighted by atomic mass is 10.0. The van der Waals surface area contributed by atoms with Crippen LogP contribution in [0.25, 0.3) is 0 Å². The Kier molecular flexibility index (Phi) is 8.26. The van der Waals surface area contributed by atoms with Crippen LogP contribution in [-0.4, -0.2) is 46.8 Å². The van der Waals surface area contributed by atoms with Gasteiger partial charge in [0.2, 0.25) is 0 Å². The molecule has 1 aliphatic rings. The van der Waals surface area contributed by atoms with E-state index >= 15 is 0 Å². The molecular formula is C21H28N2O4. The summed E-state index contributed by atoms with van der Waals surface area (Å²) in [6.45, 7) is 4.69. The molecule has 0 spiro atoms. The van der Waals surface area contributed by atoms with E-state index < -0.39 is 6.10 Å². The van der Waals surface area contributed by atoms with Crippen LogP contribution in [0.1, 0.15) is 23.1 Å². The third kappa shape index (κ3) is 6.67. The second kappa shape index (κ2) is 10.7. The molecule has 1 heterocycles. The Morgan fingerprint density at radius 1 is 1.22 bits per heavy atom. The molecule has 0 unspecified atom stereocenters. The summed E-state index contributed by atoms with van der Waals surface area (Å²) < 4.78 is 6.04. The van der Waals surface area contributed by atoms with Gasteiger partial charge in [0.15, 0.2) is 0 Å². The second-order valence-electron chi connectivity index (χ2n) is 6.74. The third-order valence-corrected chi connectivity index (χ3v) is 4.60. The summed E-state index contributed by atoms with van der Waals surface area (Å²) in [6, 6.07) is 16.4. The van der Waals surface area contributed by atoms with Crippen LogP contribution in [0.4, 0.5) is 0 Å². The Balaban J connectivity index is 0.000000817. The summed E-state index contributed by atoms with van der Waals surface area (Å²) in [4.78, 5) is 10.6. The molecule has 0 radical (unpaired) electrons. The van der Waals surface area contributed by atoms with Crippen molar-refractivity contribution in [3.63, 3.8) is 0 Å². The van der Waals surface area contributed by atoms with Crippen molar-refractivity contribution in [2.24, 2.45) is 5.73 Å². The van der Waals surface area contributed by atoms with E-state index in [0.717, 1.165) is 36.4 Å². The molecule has 0 saturated carbocycles. The summed E-state index contributed by atoms with van der Waals surface area (Å²) >= 11 is 0. The first kappa shape index (κ1) is 20.9. The quantitative estimate of drug-likeness (QED) is 0.696. The number of likely N-dealkylation sites (tertiary alicyclic amines) is 1. The molecule has 0 aromatic heterocycles. The lowest BCUT2D eigenvalue weighted by Crippen LogP contribution is -2.50. The van der Waals surface area contributed by atoms with Gasteiger partial charge >= 0.3 is 0 Å². The van der Waals surface area contributed by atoms with Gasteiger partial charge in [-0.2, -0.15) is 0 Å². The van der Waals surface area contributed by atoms with Gasteiger partial charge in [-0.25, -0.2) is 0 Å². The van der Waals surface area contributed by atoms with E-state index in [1.165, 1.54) is 5.56 Å². The van der Waals surface area contributed by atoms with E-state index in [1.54, 1.807) is 0 Å². The van der Waals surface area contributed by atoms with Crippen LogP contribution in [0.3, 0.4) is 0 Å². The number of hydrogen-bond donors (Lipinski definition) is 3. The molecule has 2 aromatic carbocycles. The molecule has 2 aromatic rings. The number of aliphatic hydroxyl groups excluding tert-OH is 1. The summed E-state index contributed by atoms with van der Waals surface area (Å²) in [5.41, 5.74) is 9.44. The van der Waals surface area contributed by atoms with Crippen LogP contribution in [-0.2, 0) is 17.9 Å². The van der Waals surface area contributed by atoms with E-state index in [2.05, 4.69) is 42.2 Å². The molecule has 0 bridgehead atoms. The van der Waals surface area contributed by atoms with Gasteiger partial charge in [-0.05, 0) is 25.0 Å². The van der Waals surface area contributed by atoms with Crippen molar-refractivity contribution in [2.45, 2.75) is 38.6 Å². The number of rotatable bonds is 5. The van der Waals surface area contributed by atoms with E-state index in [1.807, 2.05) is 18.2 Å². The number of aryl methyl sites for hydroxylation is 1. The number of carbonyl (C=O) groups is 1. The van der Waals surface area contributed by atoms with Crippen LogP contribution in [0.2, 0.25) is 0 Å². The third-order valence-electron chi connectivity index (χ3n) is 4.60. The smallest absolute Gasteiger partial charge is 0.290 e. The number of para-hydroxylation sites is 1. The van der Waals surface area contributed by atoms with Crippen LogP contribution in [0, 0.1) is 6.92 Å². The van der Waals surface area contributed by atoms with Crippen molar-refractivity contribution in [3.05, 3.63) is 65.2 Å². The Morgan fingerprint density at radius 2 is 1.89 bits per heavy atom. The molecule has 0 aliphatic carbocycles. The van der Waals surface area contributed by atoms with Crippen LogP contribution >= 0.6 is 0 Å². The highest BCUT2D eigenvalue weighted by Crippen LogP contribution is 2.23. The Morgan fingerprint density at radius 3 is 2.56 bits per heavy atom. The Hall–Kier alpha value is -2.41. The topological polar surface area (TPSA) is 96.0 Å². The first-order valence-electron chi connectivity index (χ1n) is 9.03. The number of nitrogens with zero attached hydrogens (tertiary/aromatic N) is 1. The SMILES string of the molecule is Cc1ccc(COc2ccccc2CN2CC[C@@H](N)[C@H](O)C2)cc1.O=CO. The standard InChI is InChI=1S/C20H26N2O2.CH2O2/c1-15-6-8-16(9-7-15)14-24-20-5-3-2-4-17(20)12-22-11-10-18(21)19(23)13-22;2-1-3/h2-9,18-19,23H,10-14,21H2,1H3;1H,(H,2,3)/t18-,19-;/m1./s1. The maximum Gasteiger partial charge on any atom is 0.290 e. The molecule has 4 N–H and O–H groups in total. The summed E-state index contributed by atoms with van der Waals surface area (Å²) in [5, 5.41) is 16.9. The maximum atomic E-state index is 9.97. The van der Waals surface area contributed by atoms with Gasteiger partial charge in [0.05, 0.1) is 6.10 Å². The number of ether oxygens (including phenoxy) is 1. The predicted octanol–water partition coefficient (Wildman–Crippen LogP) is 2.17. The predicted molar refractivity (Wildman–Crippen MR) is 105 cm³/mol. The number of benzene rings is 2. The van der Waals surface area contributed by atoms with Crippen LogP contribution in [0.5, 0.6) is 5.75 Å². The van der Waals surface area contributed by atoms with Crippen molar-refractivity contribution < 1.29 is 19.7 Å². The molecule has 6 heteroatoms. The van der Waals surface area contributed by atoms with Crippen molar-refractivity contribution in [2.75, 3.05) is 13.1 Å². The molecular weight excluding hydrogens is 344 g/mol. The fourth-order valence-electron chi connectivity index (χ4n) is 3.02. The highest BCUT2D eigenvalue weighted by molar-refractivity contribution is 5.34. The number of aliphatic hydroxyl groups is 1. The van der Waals surface area contributed by atoms with E-state index in [4.69, 9.17) is 20.4 Å². The number of β-amino-alcohol motifs (C(OH)–C–C–N with tert-alkyl or cyclic N) is 1. The lowest BCUT2D eigenvalue weighted by molar-refractivity contribution is -0.122. The zero-order valence-electron chi connectivity index (χ0n) is 15.6. The van der Waals surface area contributed by atoms with Gasteiger partial charge < -0.3 is 20.7 Å². The molecule has 146 valence electrons. The zero-order valence-corrected chi connectivity index (χ0v) is 15.6. The van der Waals surface area contributed by atoms with Crippen molar-refractivity contribution in [3.8, 4) is 5.75 Å². The van der Waals surface area contributed by atoms with Crippen LogP contribution in [0.15, 0.2) is 48.5 Å². The molecule has 1 saturated heterocycles. The fourth-order valence-corrected chi connectivity index (χ4v) is 3.02. The number of nitrogens with two attached hydrogens (primary N) is 1. The van der Waals surface area contributed by atoms with E-state index in [-0.39, 0.29) is 12.5 Å². The van der Waals surface area contributed by atoms with Gasteiger partial charge in [-0.3, -0.25) is 9.69 Å². The van der Waals surface area contributed by atoms with Crippen molar-refractivity contribution >= 4 is 6.47 Å². The molecule has 0 amide bonds. The molecule has 2 atom stereocenters. The lowest BCUT2D eigenvalue weighted by Gasteiger charge is -2.34. The zero-order chi connectivity index (χ0) is 19.6. The monoisotopic (exact) mass is 372 g/mol. The van der Waals surface area contributed by atoms with Crippen molar-refractivity contribution in [1.29, 1.82) is 0 Å². The molecule has 6 nitrogen and oxygen atoms in total. The average molecular weight is 372 g/mol. The van der Waals surface area contributed by atoms with E-state index in [0.29, 0.717) is 13.2 Å². The summed E-state index contributed by atoms with van der Waals surface area (Å²) in [7, 11) is 0. The fraction of sp³-hybridized carbons (Fsp3) is 0.381. The molecule has 1 fully saturated rings. The highest BCUT2D eigenvalue weighted by Gasteiger charge is 2.25. The van der Waals surface area contributed by atoms with Gasteiger partial charge in [-0.15, -0.1) is 0 Å². The van der Waals surface area contributed by atoms with Gasteiger partial charge in [0, 0.05) is 31.2 Å². The normalized spacial score (nSPS) is 19.7. The second-order valence-corrected chi connectivity index (χ2v) is 6.74. The van der Waals surface area contributed by atoms with Crippen LogP contribution < -0.4 is 10.5 Å². The summed E-state index contributed by atoms with van der Waals surface area (Å²) in [5.74, 6) is 0.905. The maximum absolute atomic E-state index is 9.97. The summed E-state index contributed by atoms with van der Waals surface area (Å²) in [6.07, 6.45) is 0.382. The minimum atomic E-state index is -0.445. The number of carboxylic acid groups (broad SMARTS) is 1. The average Bonchev–Trinajstić information content (AvgIpc) is 2.66. The largest absolute Gasteiger partial charge is 0.489 e. The first-order valence-corrected chi connectivity index (χ1v) is 9.03. The minimum Gasteiger partial charge on any atom is -0.489 e. The molecule has 1 aliphatic heterocycles. The number of hydrogen-bond acceptors (Lipinski definition) is 5. The highest BCUT2D eigenvalue weighted by atomic mass is 16.5. The van der Waals surface area contributed by atoms with Gasteiger partial charge in [0.25, 0.3) is 6.47 Å². The Labute approximate surface area is 160 Å². The van der Waals surface area contributed by atoms with Crippen molar-refractivity contribution in [1.82, 2.24) is 4.90 Å². The first-order chi connectivity index (χ1) is 13.0. The minimum absolute atomic E-state index is 0.103. The number of piperidine rings is 1. The Bertz CT molecular complexity index is 706. The molecule has 27 heavy (non-hydrogen) atoms. The van der Waals surface area contributed by atoms with Gasteiger partial charge in [0.1, 0.15) is 12.4 Å². The molecule has 3 rings (SSSR count). The van der Waals surface area contributed by atoms with Gasteiger partial charge in [-0.1, -0.05) is 48.0 Å².